The van der Waals surface area contributed by atoms with E-state index < -0.39 is 4.92 Å². The van der Waals surface area contributed by atoms with E-state index in [1.54, 1.807) is 0 Å². The number of nitrogens with zero attached hydrogens (tertiary/aromatic N) is 4. The van der Waals surface area contributed by atoms with Gasteiger partial charge in [0.1, 0.15) is 0 Å². The van der Waals surface area contributed by atoms with Gasteiger partial charge in [0.15, 0.2) is 17.3 Å². The quantitative estimate of drug-likeness (QED) is 0.436. The first-order valence-electron chi connectivity index (χ1n) is 6.66. The van der Waals surface area contributed by atoms with Crippen molar-refractivity contribution in [1.82, 2.24) is 10.2 Å². The number of aromatic amines is 1. The summed E-state index contributed by atoms with van der Waals surface area (Å²) in [6.07, 6.45) is 0. The number of nitro groups is 1. The summed E-state index contributed by atoms with van der Waals surface area (Å²) in [5.41, 5.74) is 0.401. The van der Waals surface area contributed by atoms with Crippen LogP contribution < -0.4 is 10.6 Å². The molecule has 2 rings (SSSR count). The van der Waals surface area contributed by atoms with E-state index in [4.69, 9.17) is 0 Å². The topological polar surface area (TPSA) is 155 Å². The number of nitrogens with one attached hydrogen (secondary N) is 3. The fourth-order valence-corrected chi connectivity index (χ4v) is 1.70. The van der Waals surface area contributed by atoms with Crippen molar-refractivity contribution in [3.05, 3.63) is 34.4 Å². The van der Waals surface area contributed by atoms with Crippen molar-refractivity contribution in [3.63, 3.8) is 0 Å². The van der Waals surface area contributed by atoms with Gasteiger partial charge in [-0.2, -0.15) is 10.2 Å². The Kier molecular flexibility index (Phi) is 4.94. The number of amides is 2. The summed E-state index contributed by atoms with van der Waals surface area (Å²) in [6, 6.07) is 5.40. The minimum absolute atomic E-state index is 0.0740. The Morgan fingerprint density at radius 2 is 1.75 bits per heavy atom. The number of carbonyl (C=O) groups excluding carboxylic acids is 2. The van der Waals surface area contributed by atoms with Gasteiger partial charge in [0.25, 0.3) is 5.69 Å². The van der Waals surface area contributed by atoms with Crippen molar-refractivity contribution in [2.75, 3.05) is 10.6 Å². The van der Waals surface area contributed by atoms with Crippen molar-refractivity contribution in [3.8, 4) is 0 Å². The number of hydrogen-bond acceptors (Lipinski definition) is 7. The Hall–Kier alpha value is -3.63. The van der Waals surface area contributed by atoms with Gasteiger partial charge in [0.2, 0.25) is 11.8 Å². The molecule has 3 N–H and O–H groups in total. The summed E-state index contributed by atoms with van der Waals surface area (Å²) in [4.78, 5) is 32.5. The molecule has 24 heavy (non-hydrogen) atoms. The highest BCUT2D eigenvalue weighted by atomic mass is 16.6. The van der Waals surface area contributed by atoms with Gasteiger partial charge >= 0.3 is 0 Å². The fourth-order valence-electron chi connectivity index (χ4n) is 1.70. The lowest BCUT2D eigenvalue weighted by Gasteiger charge is -2.01. The second kappa shape index (κ2) is 7.09. The molecule has 0 aliphatic carbocycles. The summed E-state index contributed by atoms with van der Waals surface area (Å²) >= 11 is 0. The van der Waals surface area contributed by atoms with Gasteiger partial charge in [-0.3, -0.25) is 24.8 Å². The molecule has 0 fully saturated rings. The molecule has 0 saturated carbocycles. The van der Waals surface area contributed by atoms with Gasteiger partial charge in [-0.05, 0) is 12.1 Å². The Morgan fingerprint density at radius 1 is 1.12 bits per heavy atom. The monoisotopic (exact) mass is 331 g/mol. The van der Waals surface area contributed by atoms with Gasteiger partial charge in [-0.25, -0.2) is 0 Å². The van der Waals surface area contributed by atoms with E-state index in [2.05, 4.69) is 31.1 Å². The second-order valence-corrected chi connectivity index (χ2v) is 4.63. The first-order chi connectivity index (χ1) is 11.4. The van der Waals surface area contributed by atoms with E-state index in [1.807, 2.05) is 0 Å². The second-order valence-electron chi connectivity index (χ2n) is 4.63. The third-order valence-electron chi connectivity index (χ3n) is 2.66. The lowest BCUT2D eigenvalue weighted by atomic mass is 10.3. The van der Waals surface area contributed by atoms with E-state index in [-0.39, 0.29) is 34.8 Å². The number of benzene rings is 1. The van der Waals surface area contributed by atoms with Gasteiger partial charge in [0, 0.05) is 26.0 Å². The molecule has 2 amide bonds. The number of azo groups is 1. The Morgan fingerprint density at radius 3 is 2.29 bits per heavy atom. The third kappa shape index (κ3) is 4.19. The molecule has 0 atom stereocenters. The van der Waals surface area contributed by atoms with Crippen LogP contribution >= 0.6 is 0 Å². The zero-order valence-corrected chi connectivity index (χ0v) is 12.7. The first kappa shape index (κ1) is 16.7. The van der Waals surface area contributed by atoms with Gasteiger partial charge in [0.05, 0.1) is 10.6 Å². The van der Waals surface area contributed by atoms with Crippen molar-refractivity contribution in [2.24, 2.45) is 10.2 Å². The van der Waals surface area contributed by atoms with Crippen LogP contribution in [0.1, 0.15) is 13.8 Å². The molecule has 1 aromatic heterocycles. The number of nitro benzene ring substituents is 1. The minimum atomic E-state index is -0.527. The number of non-ortho nitro benzene ring substituents is 1. The summed E-state index contributed by atoms with van der Waals surface area (Å²) in [5.74, 6) is -0.476. The van der Waals surface area contributed by atoms with Crippen molar-refractivity contribution in [1.29, 1.82) is 0 Å². The van der Waals surface area contributed by atoms with Crippen LogP contribution in [0.3, 0.4) is 0 Å². The highest BCUT2D eigenvalue weighted by molar-refractivity contribution is 5.96. The molecule has 0 saturated heterocycles. The van der Waals surface area contributed by atoms with Crippen molar-refractivity contribution < 1.29 is 14.5 Å². The summed E-state index contributed by atoms with van der Waals surface area (Å²) < 4.78 is 0. The van der Waals surface area contributed by atoms with E-state index in [0.29, 0.717) is 5.69 Å². The molecule has 0 spiro atoms. The summed E-state index contributed by atoms with van der Waals surface area (Å²) in [5, 5.41) is 29.8. The van der Waals surface area contributed by atoms with Crippen molar-refractivity contribution >= 4 is 40.5 Å². The molecule has 124 valence electrons. The molecule has 11 heteroatoms. The molecule has 0 unspecified atom stereocenters. The number of hydrogen-bond donors (Lipinski definition) is 3. The first-order valence-corrected chi connectivity index (χ1v) is 6.66. The SMILES string of the molecule is CC(=O)Nc1n[nH]c(NC(C)=O)c1N=Nc1ccc([N+](=O)[O-])cc1. The lowest BCUT2D eigenvalue weighted by molar-refractivity contribution is -0.384. The van der Waals surface area contributed by atoms with Crippen LogP contribution in [0.2, 0.25) is 0 Å². The molecule has 2 aromatic rings. The molecule has 0 aliphatic rings. The van der Waals surface area contributed by atoms with E-state index in [1.165, 1.54) is 38.1 Å². The van der Waals surface area contributed by atoms with Gasteiger partial charge < -0.3 is 10.6 Å². The highest BCUT2D eigenvalue weighted by Crippen LogP contribution is 2.33. The van der Waals surface area contributed by atoms with E-state index in [9.17, 15) is 19.7 Å². The maximum Gasteiger partial charge on any atom is 0.269 e. The summed E-state index contributed by atoms with van der Waals surface area (Å²) in [7, 11) is 0. The van der Waals surface area contributed by atoms with Crippen LogP contribution in [0.5, 0.6) is 0 Å². The van der Waals surface area contributed by atoms with Crippen LogP contribution in [-0.2, 0) is 9.59 Å². The standard InChI is InChI=1S/C13H13N7O4/c1-7(21)14-12-11(13(19-18-12)15-8(2)22)17-16-9-3-5-10(6-4-9)20(23)24/h3-6H,1-2H3,(H3,14,15,18,19,21,22). The normalized spacial score (nSPS) is 10.6. The maximum atomic E-state index is 11.2. The Labute approximate surface area is 135 Å². The zero-order chi connectivity index (χ0) is 17.7. The average Bonchev–Trinajstić information content (AvgIpc) is 2.86. The molecular weight excluding hydrogens is 318 g/mol. The zero-order valence-electron chi connectivity index (χ0n) is 12.7. The van der Waals surface area contributed by atoms with Crippen LogP contribution in [-0.4, -0.2) is 26.9 Å². The van der Waals surface area contributed by atoms with Gasteiger partial charge in [-0.15, -0.1) is 5.11 Å². The minimum Gasteiger partial charge on any atom is -0.309 e. The molecule has 1 aromatic carbocycles. The fraction of sp³-hybridized carbons (Fsp3) is 0.154. The van der Waals surface area contributed by atoms with E-state index >= 15 is 0 Å². The largest absolute Gasteiger partial charge is 0.309 e. The number of rotatable bonds is 5. The average molecular weight is 331 g/mol. The Balaban J connectivity index is 2.31. The third-order valence-corrected chi connectivity index (χ3v) is 2.66. The molecule has 0 radical (unpaired) electrons. The van der Waals surface area contributed by atoms with Crippen molar-refractivity contribution in [2.45, 2.75) is 13.8 Å². The van der Waals surface area contributed by atoms with Gasteiger partial charge in [-0.1, -0.05) is 0 Å². The van der Waals surface area contributed by atoms with Crippen LogP contribution in [0, 0.1) is 10.1 Å². The molecule has 11 nitrogen and oxygen atoms in total. The molecule has 0 aliphatic heterocycles. The Bertz CT molecular complexity index is 777. The lowest BCUT2D eigenvalue weighted by Crippen LogP contribution is -2.07. The number of aromatic nitrogens is 2. The predicted molar refractivity (Wildman–Crippen MR) is 84.5 cm³/mol. The number of anilines is 2. The van der Waals surface area contributed by atoms with Crippen LogP contribution in [0.15, 0.2) is 34.5 Å². The summed E-state index contributed by atoms with van der Waals surface area (Å²) in [6.45, 7) is 2.60. The van der Waals surface area contributed by atoms with Crippen LogP contribution in [0.25, 0.3) is 0 Å². The predicted octanol–water partition coefficient (Wildman–Crippen LogP) is 2.65. The maximum absolute atomic E-state index is 11.2. The molecular formula is C13H13N7O4. The number of H-pyrrole nitrogens is 1. The molecule has 1 heterocycles. The smallest absolute Gasteiger partial charge is 0.269 e. The highest BCUT2D eigenvalue weighted by Gasteiger charge is 2.15. The number of carbonyl (C=O) groups is 2. The van der Waals surface area contributed by atoms with E-state index in [0.717, 1.165) is 0 Å². The van der Waals surface area contributed by atoms with Crippen LogP contribution in [0.4, 0.5) is 28.7 Å². The molecule has 0 bridgehead atoms.